The van der Waals surface area contributed by atoms with Crippen LogP contribution in [-0.2, 0) is 22.5 Å². The molecule has 3 aromatic heterocycles. The number of likely N-dealkylation sites (tertiary alicyclic amines) is 1. The maximum absolute atomic E-state index is 13.3. The number of imidazole rings is 1. The Balaban J connectivity index is 1.23. The number of aromatic amines is 1. The van der Waals surface area contributed by atoms with Gasteiger partial charge in [-0.3, -0.25) is 9.59 Å². The number of hydrogen-bond donors (Lipinski definition) is 2. The van der Waals surface area contributed by atoms with Gasteiger partial charge in [-0.05, 0) is 67.0 Å². The highest BCUT2D eigenvalue weighted by Gasteiger charge is 2.29. The first-order valence-corrected chi connectivity index (χ1v) is 14.0. The Bertz CT molecular complexity index is 1490. The normalized spacial score (nSPS) is 16.4. The quantitative estimate of drug-likeness (QED) is 0.294. The fraction of sp³-hybridized carbons (Fsp3) is 0.419. The molecule has 2 unspecified atom stereocenters. The summed E-state index contributed by atoms with van der Waals surface area (Å²) < 4.78 is 7.51. The van der Waals surface area contributed by atoms with Crippen molar-refractivity contribution in [2.75, 3.05) is 26.8 Å². The van der Waals surface area contributed by atoms with Crippen LogP contribution in [0, 0.1) is 6.92 Å². The molecule has 1 aromatic carbocycles. The number of amides is 1. The molecule has 1 fully saturated rings. The third-order valence-corrected chi connectivity index (χ3v) is 7.74. The Hall–Kier alpha value is -3.82. The van der Waals surface area contributed by atoms with Crippen molar-refractivity contribution >= 4 is 17.1 Å². The zero-order chi connectivity index (χ0) is 28.1. The lowest BCUT2D eigenvalue weighted by Crippen LogP contribution is -2.42. The number of aromatic nitrogens is 4. The number of carbonyl (C=O) groups is 1. The van der Waals surface area contributed by atoms with Crippen LogP contribution in [0.4, 0.5) is 0 Å². The molecular weight excluding hydrogens is 504 g/mol. The van der Waals surface area contributed by atoms with Gasteiger partial charge in [0.1, 0.15) is 11.3 Å². The second-order valence-corrected chi connectivity index (χ2v) is 10.8. The van der Waals surface area contributed by atoms with Gasteiger partial charge < -0.3 is 24.9 Å². The maximum Gasteiger partial charge on any atom is 0.247 e. The average molecular weight is 543 g/mol. The molecule has 0 radical (unpaired) electrons. The summed E-state index contributed by atoms with van der Waals surface area (Å²) in [7, 11) is 1.72. The van der Waals surface area contributed by atoms with Crippen LogP contribution in [0.25, 0.3) is 22.3 Å². The van der Waals surface area contributed by atoms with Crippen LogP contribution in [0.5, 0.6) is 0 Å². The number of pyridine rings is 2. The molecule has 5 rings (SSSR count). The second kappa shape index (κ2) is 12.6. The molecule has 3 N–H and O–H groups in total. The Morgan fingerprint density at radius 1 is 1.18 bits per heavy atom. The van der Waals surface area contributed by atoms with Crippen LogP contribution in [-0.4, -0.2) is 63.2 Å². The number of aryl methyl sites for hydroxylation is 2. The van der Waals surface area contributed by atoms with Crippen LogP contribution in [0.2, 0.25) is 0 Å². The van der Waals surface area contributed by atoms with Crippen LogP contribution >= 0.6 is 0 Å². The molecule has 210 valence electrons. The number of nitrogens with zero attached hydrogens (tertiary/aromatic N) is 4. The summed E-state index contributed by atoms with van der Waals surface area (Å²) in [5.74, 6) is 1.27. The van der Waals surface area contributed by atoms with Gasteiger partial charge in [-0.2, -0.15) is 0 Å². The summed E-state index contributed by atoms with van der Waals surface area (Å²) >= 11 is 0. The molecule has 1 saturated heterocycles. The second-order valence-electron chi connectivity index (χ2n) is 10.8. The van der Waals surface area contributed by atoms with E-state index in [4.69, 9.17) is 15.5 Å². The van der Waals surface area contributed by atoms with Gasteiger partial charge in [0.05, 0.1) is 0 Å². The van der Waals surface area contributed by atoms with Gasteiger partial charge in [-0.15, -0.1) is 0 Å². The Morgan fingerprint density at radius 3 is 2.73 bits per heavy atom. The number of carbonyl (C=O) groups excluding carboxylic acids is 1. The van der Waals surface area contributed by atoms with E-state index in [0.29, 0.717) is 26.0 Å². The fourth-order valence-corrected chi connectivity index (χ4v) is 5.62. The van der Waals surface area contributed by atoms with E-state index in [1.165, 1.54) is 6.07 Å². The summed E-state index contributed by atoms with van der Waals surface area (Å²) in [6, 6.07) is 13.1. The molecule has 4 heterocycles. The van der Waals surface area contributed by atoms with Gasteiger partial charge in [0.2, 0.25) is 11.5 Å². The van der Waals surface area contributed by atoms with Crippen molar-refractivity contribution in [2.24, 2.45) is 5.73 Å². The van der Waals surface area contributed by atoms with Crippen molar-refractivity contribution in [3.05, 3.63) is 82.2 Å². The molecule has 1 amide bonds. The van der Waals surface area contributed by atoms with Crippen molar-refractivity contribution < 1.29 is 9.53 Å². The van der Waals surface area contributed by atoms with Crippen molar-refractivity contribution in [3.63, 3.8) is 0 Å². The lowest BCUT2D eigenvalue weighted by Gasteiger charge is -2.33. The minimum atomic E-state index is -0.266. The van der Waals surface area contributed by atoms with Crippen molar-refractivity contribution in [1.82, 2.24) is 24.4 Å². The standard InChI is InChI=1S/C31H38N6O3/c1-21-12-13-33-31-29(21)35-30(37(31)15-4-16-40-2)25-5-3-14-36(20-25)28(39)18-26(32)17-22-6-8-23(9-7-22)24-10-11-27(38)34-19-24/h6-13,19,25-26H,3-5,14-18,20,32H2,1-2H3,(H,34,38). The van der Waals surface area contributed by atoms with Crippen LogP contribution < -0.4 is 11.3 Å². The Labute approximate surface area is 234 Å². The van der Waals surface area contributed by atoms with E-state index in [0.717, 1.165) is 71.6 Å². The van der Waals surface area contributed by atoms with Crippen LogP contribution in [0.3, 0.4) is 0 Å². The number of rotatable bonds is 10. The average Bonchev–Trinajstić information content (AvgIpc) is 3.34. The largest absolute Gasteiger partial charge is 0.385 e. The number of nitrogens with one attached hydrogen (secondary N) is 1. The number of H-pyrrole nitrogens is 1. The van der Waals surface area contributed by atoms with E-state index >= 15 is 0 Å². The summed E-state index contributed by atoms with van der Waals surface area (Å²) in [6.45, 7) is 4.92. The van der Waals surface area contributed by atoms with E-state index in [9.17, 15) is 9.59 Å². The molecule has 1 aliphatic heterocycles. The van der Waals surface area contributed by atoms with E-state index in [2.05, 4.69) is 21.5 Å². The predicted molar refractivity (Wildman–Crippen MR) is 156 cm³/mol. The summed E-state index contributed by atoms with van der Waals surface area (Å²) in [5, 5.41) is 0. The molecule has 40 heavy (non-hydrogen) atoms. The smallest absolute Gasteiger partial charge is 0.247 e. The predicted octanol–water partition coefficient (Wildman–Crippen LogP) is 3.80. The minimum absolute atomic E-state index is 0.0957. The van der Waals surface area contributed by atoms with Crippen molar-refractivity contribution in [3.8, 4) is 11.1 Å². The van der Waals surface area contributed by atoms with Crippen LogP contribution in [0.1, 0.15) is 48.6 Å². The number of benzene rings is 1. The first kappa shape index (κ1) is 27.7. The van der Waals surface area contributed by atoms with E-state index in [1.807, 2.05) is 41.4 Å². The SMILES string of the molecule is COCCCn1c(C2CCCN(C(=O)CC(N)Cc3ccc(-c4ccc(=O)[nH]c4)cc3)C2)nc2c(C)ccnc21. The topological polar surface area (TPSA) is 119 Å². The van der Waals surface area contributed by atoms with Crippen molar-refractivity contribution in [2.45, 2.75) is 57.5 Å². The molecule has 9 nitrogen and oxygen atoms in total. The van der Waals surface area contributed by atoms with Gasteiger partial charge in [0.25, 0.3) is 0 Å². The van der Waals surface area contributed by atoms with E-state index in [-0.39, 0.29) is 23.4 Å². The van der Waals surface area contributed by atoms with Gasteiger partial charge in [-0.1, -0.05) is 24.3 Å². The van der Waals surface area contributed by atoms with Crippen LogP contribution in [0.15, 0.2) is 59.7 Å². The highest BCUT2D eigenvalue weighted by molar-refractivity contribution is 5.77. The van der Waals surface area contributed by atoms with E-state index in [1.54, 1.807) is 19.4 Å². The maximum atomic E-state index is 13.3. The molecule has 0 bridgehead atoms. The number of nitrogens with two attached hydrogens (primary N) is 1. The van der Waals surface area contributed by atoms with Gasteiger partial charge in [0, 0.05) is 70.2 Å². The Morgan fingerprint density at radius 2 is 1.98 bits per heavy atom. The molecule has 1 aliphatic rings. The molecule has 0 saturated carbocycles. The molecule has 2 atom stereocenters. The van der Waals surface area contributed by atoms with Gasteiger partial charge >= 0.3 is 0 Å². The lowest BCUT2D eigenvalue weighted by atomic mass is 9.95. The third-order valence-electron chi connectivity index (χ3n) is 7.74. The van der Waals surface area contributed by atoms with E-state index < -0.39 is 0 Å². The third kappa shape index (κ3) is 6.32. The first-order chi connectivity index (χ1) is 19.4. The monoisotopic (exact) mass is 542 g/mol. The lowest BCUT2D eigenvalue weighted by molar-refractivity contribution is -0.132. The fourth-order valence-electron chi connectivity index (χ4n) is 5.62. The van der Waals surface area contributed by atoms with Gasteiger partial charge in [-0.25, -0.2) is 9.97 Å². The Kier molecular flexibility index (Phi) is 8.72. The summed E-state index contributed by atoms with van der Waals surface area (Å²) in [4.78, 5) is 39.0. The molecule has 9 heteroatoms. The highest BCUT2D eigenvalue weighted by Crippen LogP contribution is 2.30. The number of ether oxygens (including phenoxy) is 1. The minimum Gasteiger partial charge on any atom is -0.385 e. The number of methoxy groups -OCH3 is 1. The van der Waals surface area contributed by atoms with Gasteiger partial charge in [0.15, 0.2) is 5.65 Å². The zero-order valence-corrected chi connectivity index (χ0v) is 23.3. The highest BCUT2D eigenvalue weighted by atomic mass is 16.5. The molecular formula is C31H38N6O3. The molecule has 4 aromatic rings. The number of fused-ring (bicyclic) bond motifs is 1. The summed E-state index contributed by atoms with van der Waals surface area (Å²) in [5.41, 5.74) is 12.3. The first-order valence-electron chi connectivity index (χ1n) is 14.0. The summed E-state index contributed by atoms with van der Waals surface area (Å²) in [6.07, 6.45) is 7.27. The van der Waals surface area contributed by atoms with Crippen molar-refractivity contribution in [1.29, 1.82) is 0 Å². The molecule has 0 aliphatic carbocycles. The number of piperidine rings is 1. The molecule has 0 spiro atoms. The number of hydrogen-bond acceptors (Lipinski definition) is 6. The zero-order valence-electron chi connectivity index (χ0n) is 23.3.